The van der Waals surface area contributed by atoms with Crippen molar-refractivity contribution in [1.82, 2.24) is 0 Å². The Morgan fingerprint density at radius 1 is 0.452 bits per heavy atom. The Bertz CT molecular complexity index is 586. The predicted octanol–water partition coefficient (Wildman–Crippen LogP) is 12.2. The molecule has 3 heteroatoms. The first-order valence-corrected chi connectivity index (χ1v) is 18.7. The van der Waals surface area contributed by atoms with Crippen LogP contribution in [0.1, 0.15) is 200 Å². The van der Waals surface area contributed by atoms with Crippen molar-refractivity contribution >= 4 is 11.6 Å². The van der Waals surface area contributed by atoms with Crippen LogP contribution in [0.2, 0.25) is 0 Å². The molecule has 0 atom stereocenters. The average Bonchev–Trinajstić information content (AvgIpc) is 2.99. The fraction of sp³-hybridized carbons (Fsp3) is 0.846. The molecule has 0 aromatic carbocycles. The van der Waals surface area contributed by atoms with Gasteiger partial charge in [-0.3, -0.25) is 9.59 Å². The van der Waals surface area contributed by atoms with Gasteiger partial charge in [0, 0.05) is 12.8 Å². The molecule has 0 fully saturated rings. The summed E-state index contributed by atoms with van der Waals surface area (Å²) in [6.07, 6.45) is 43.6. The Morgan fingerprint density at radius 2 is 0.738 bits per heavy atom. The predicted molar refractivity (Wildman–Crippen MR) is 186 cm³/mol. The molecule has 0 aliphatic heterocycles. The highest BCUT2D eigenvalue weighted by atomic mass is 16.1. The van der Waals surface area contributed by atoms with Gasteiger partial charge in [0.15, 0.2) is 0 Å². The first-order chi connectivity index (χ1) is 20.7. The second-order valence-corrected chi connectivity index (χ2v) is 12.7. The highest BCUT2D eigenvalue weighted by molar-refractivity contribution is 6.02. The molecule has 0 aromatic rings. The zero-order valence-corrected chi connectivity index (χ0v) is 28.5. The Labute approximate surface area is 263 Å². The lowest BCUT2D eigenvalue weighted by Gasteiger charge is -2.14. The molecule has 246 valence electrons. The number of rotatable bonds is 34. The van der Waals surface area contributed by atoms with Gasteiger partial charge in [-0.05, 0) is 77.2 Å². The molecule has 3 nitrogen and oxygen atoms in total. The molecular formula is C39H73NO2. The number of Topliss-reactive ketones (excluding diaryl/α,β-unsaturated/α-hetero) is 2. The Hall–Kier alpha value is -1.22. The van der Waals surface area contributed by atoms with Gasteiger partial charge in [-0.1, -0.05) is 141 Å². The smallest absolute Gasteiger partial charge is 0.143 e. The van der Waals surface area contributed by atoms with Gasteiger partial charge >= 0.3 is 0 Å². The molecule has 0 aliphatic rings. The van der Waals surface area contributed by atoms with Gasteiger partial charge in [-0.25, -0.2) is 0 Å². The minimum atomic E-state index is -0.455. The zero-order chi connectivity index (χ0) is 30.8. The maximum Gasteiger partial charge on any atom is 0.143 e. The lowest BCUT2D eigenvalue weighted by Crippen LogP contribution is -2.26. The third-order valence-corrected chi connectivity index (χ3v) is 8.60. The van der Waals surface area contributed by atoms with Gasteiger partial charge in [0.05, 0.1) is 5.92 Å². The number of hydrogen-bond acceptors (Lipinski definition) is 3. The van der Waals surface area contributed by atoms with Gasteiger partial charge in [0.1, 0.15) is 11.6 Å². The molecule has 42 heavy (non-hydrogen) atoms. The van der Waals surface area contributed by atoms with Crippen molar-refractivity contribution in [2.75, 3.05) is 6.54 Å². The van der Waals surface area contributed by atoms with Crippen LogP contribution in [0, 0.1) is 5.92 Å². The molecule has 0 radical (unpaired) electrons. The Morgan fingerprint density at radius 3 is 1.05 bits per heavy atom. The van der Waals surface area contributed by atoms with Crippen molar-refractivity contribution in [2.24, 2.45) is 11.7 Å². The molecule has 0 unspecified atom stereocenters. The Balaban J connectivity index is 3.74. The van der Waals surface area contributed by atoms with Gasteiger partial charge in [-0.2, -0.15) is 0 Å². The van der Waals surface area contributed by atoms with Crippen molar-refractivity contribution in [1.29, 1.82) is 0 Å². The van der Waals surface area contributed by atoms with E-state index in [2.05, 4.69) is 38.2 Å². The molecule has 0 saturated heterocycles. The molecule has 0 spiro atoms. The van der Waals surface area contributed by atoms with Crippen molar-refractivity contribution in [3.05, 3.63) is 24.3 Å². The minimum Gasteiger partial charge on any atom is -0.330 e. The van der Waals surface area contributed by atoms with Crippen molar-refractivity contribution in [3.63, 3.8) is 0 Å². The van der Waals surface area contributed by atoms with E-state index in [1.807, 2.05) is 0 Å². The van der Waals surface area contributed by atoms with Gasteiger partial charge < -0.3 is 5.73 Å². The highest BCUT2D eigenvalue weighted by Gasteiger charge is 2.24. The van der Waals surface area contributed by atoms with Crippen LogP contribution < -0.4 is 5.73 Å². The first kappa shape index (κ1) is 40.8. The van der Waals surface area contributed by atoms with E-state index in [1.54, 1.807) is 0 Å². The number of nitrogens with two attached hydrogens (primary N) is 1. The molecule has 0 amide bonds. The standard InChI is InChI=1S/C39H73NO2/c1-3-5-7-9-11-13-15-17-19-21-23-25-27-29-31-33-38(41)37(35-36-40)39(42)34-32-30-28-26-24-22-20-18-16-14-12-10-8-6-4-2/h17-20,37H,3-16,21-36,40H2,1-2H3/b19-17-,20-18-. The van der Waals surface area contributed by atoms with E-state index < -0.39 is 5.92 Å². The number of carbonyl (C=O) groups excluding carboxylic acids is 2. The highest BCUT2D eigenvalue weighted by Crippen LogP contribution is 2.17. The number of ketones is 2. The van der Waals surface area contributed by atoms with Crippen LogP contribution in [-0.4, -0.2) is 18.1 Å². The lowest BCUT2D eigenvalue weighted by atomic mass is 9.89. The summed E-state index contributed by atoms with van der Waals surface area (Å²) in [7, 11) is 0. The summed E-state index contributed by atoms with van der Waals surface area (Å²) in [5.41, 5.74) is 5.76. The van der Waals surface area contributed by atoms with Crippen molar-refractivity contribution in [2.45, 2.75) is 200 Å². The lowest BCUT2D eigenvalue weighted by molar-refractivity contribution is -0.133. The third-order valence-electron chi connectivity index (χ3n) is 8.60. The van der Waals surface area contributed by atoms with Crippen molar-refractivity contribution in [3.8, 4) is 0 Å². The number of carbonyl (C=O) groups is 2. The fourth-order valence-electron chi connectivity index (χ4n) is 5.76. The first-order valence-electron chi connectivity index (χ1n) is 18.7. The van der Waals surface area contributed by atoms with Crippen LogP contribution in [-0.2, 0) is 9.59 Å². The molecular weight excluding hydrogens is 514 g/mol. The van der Waals surface area contributed by atoms with E-state index in [9.17, 15) is 9.59 Å². The second-order valence-electron chi connectivity index (χ2n) is 12.7. The fourth-order valence-corrected chi connectivity index (χ4v) is 5.76. The molecule has 0 aliphatic carbocycles. The topological polar surface area (TPSA) is 60.2 Å². The summed E-state index contributed by atoms with van der Waals surface area (Å²) in [6.45, 7) is 4.96. The summed E-state index contributed by atoms with van der Waals surface area (Å²) < 4.78 is 0. The van der Waals surface area contributed by atoms with Crippen LogP contribution in [0.3, 0.4) is 0 Å². The molecule has 2 N–H and O–H groups in total. The van der Waals surface area contributed by atoms with Crippen LogP contribution in [0.15, 0.2) is 24.3 Å². The van der Waals surface area contributed by atoms with E-state index in [4.69, 9.17) is 5.73 Å². The van der Waals surface area contributed by atoms with Crippen LogP contribution >= 0.6 is 0 Å². The zero-order valence-electron chi connectivity index (χ0n) is 28.5. The van der Waals surface area contributed by atoms with E-state index in [0.717, 1.165) is 25.7 Å². The molecule has 0 rings (SSSR count). The van der Waals surface area contributed by atoms with Crippen LogP contribution in [0.25, 0.3) is 0 Å². The molecule has 0 aromatic heterocycles. The van der Waals surface area contributed by atoms with E-state index in [0.29, 0.717) is 25.8 Å². The molecule has 0 saturated carbocycles. The minimum absolute atomic E-state index is 0.135. The van der Waals surface area contributed by atoms with Gasteiger partial charge in [0.25, 0.3) is 0 Å². The largest absolute Gasteiger partial charge is 0.330 e. The maximum absolute atomic E-state index is 12.8. The second kappa shape index (κ2) is 34.3. The van der Waals surface area contributed by atoms with E-state index >= 15 is 0 Å². The van der Waals surface area contributed by atoms with Crippen LogP contribution in [0.5, 0.6) is 0 Å². The van der Waals surface area contributed by atoms with E-state index in [-0.39, 0.29) is 11.6 Å². The average molecular weight is 588 g/mol. The quantitative estimate of drug-likeness (QED) is 0.0462. The molecule has 0 bridgehead atoms. The van der Waals surface area contributed by atoms with Crippen molar-refractivity contribution < 1.29 is 9.59 Å². The van der Waals surface area contributed by atoms with Crippen LogP contribution in [0.4, 0.5) is 0 Å². The summed E-state index contributed by atoms with van der Waals surface area (Å²) in [6, 6.07) is 0. The summed E-state index contributed by atoms with van der Waals surface area (Å²) in [5, 5.41) is 0. The number of hydrogen-bond donors (Lipinski definition) is 1. The normalized spacial score (nSPS) is 11.9. The summed E-state index contributed by atoms with van der Waals surface area (Å²) >= 11 is 0. The summed E-state index contributed by atoms with van der Waals surface area (Å²) in [4.78, 5) is 25.6. The third kappa shape index (κ3) is 28.9. The number of allylic oxidation sites excluding steroid dienone is 4. The van der Waals surface area contributed by atoms with Gasteiger partial charge in [0.2, 0.25) is 0 Å². The maximum atomic E-state index is 12.8. The Kier molecular flexibility index (Phi) is 33.3. The van der Waals surface area contributed by atoms with Gasteiger partial charge in [-0.15, -0.1) is 0 Å². The monoisotopic (exact) mass is 588 g/mol. The van der Waals surface area contributed by atoms with E-state index in [1.165, 1.54) is 141 Å². The summed E-state index contributed by atoms with van der Waals surface area (Å²) in [5.74, 6) is -0.185. The molecule has 0 heterocycles. The SMILES string of the molecule is CCCCCCCC/C=C\CCCCCCCC(=O)C(CCN)C(=O)CCCCCCC/C=C\CCCCCCCC. The number of unbranched alkanes of at least 4 members (excludes halogenated alkanes) is 22.